The molecule has 2 aromatic carbocycles. The molecule has 0 radical (unpaired) electrons. The van der Waals surface area contributed by atoms with Crippen molar-refractivity contribution < 1.29 is 19.1 Å². The van der Waals surface area contributed by atoms with Crippen molar-refractivity contribution in [1.29, 1.82) is 0 Å². The zero-order valence-electron chi connectivity index (χ0n) is 15.9. The number of benzene rings is 2. The molecule has 1 atom stereocenters. The molecule has 0 aliphatic carbocycles. The number of rotatable bonds is 7. The number of hydrogen-bond donors (Lipinski definition) is 2. The van der Waals surface area contributed by atoms with Crippen LogP contribution in [0.3, 0.4) is 0 Å². The van der Waals surface area contributed by atoms with Gasteiger partial charge in [-0.05, 0) is 35.7 Å². The van der Waals surface area contributed by atoms with Gasteiger partial charge in [0.1, 0.15) is 5.82 Å². The summed E-state index contributed by atoms with van der Waals surface area (Å²) in [5.74, 6) is -2.03. The van der Waals surface area contributed by atoms with E-state index in [-0.39, 0.29) is 24.7 Å². The first-order valence-electron chi connectivity index (χ1n) is 9.19. The smallest absolute Gasteiger partial charge is 0.308 e. The van der Waals surface area contributed by atoms with Crippen molar-refractivity contribution in [2.45, 2.75) is 19.8 Å². The van der Waals surface area contributed by atoms with E-state index in [1.807, 2.05) is 30.3 Å². The van der Waals surface area contributed by atoms with Crippen LogP contribution in [0.5, 0.6) is 0 Å². The normalized spacial score (nSPS) is 12.1. The fourth-order valence-electron chi connectivity index (χ4n) is 3.34. The quantitative estimate of drug-likeness (QED) is 0.646. The first-order valence-corrected chi connectivity index (χ1v) is 9.19. The van der Waals surface area contributed by atoms with E-state index in [1.54, 1.807) is 20.0 Å². The fraction of sp³-hybridized carbons (Fsp3) is 0.273. The summed E-state index contributed by atoms with van der Waals surface area (Å²) >= 11 is 0. The number of aromatic amines is 1. The minimum absolute atomic E-state index is 0.141. The standard InChI is InChI=1S/C22H23FN2O3/c1-14(22(27)28)13-25(2)20(26)11-9-17-18-12-16(23)8-10-19(18)24-21(17)15-6-4-3-5-7-15/h3-8,10,12,14,24H,9,11,13H2,1-2H3,(H,27,28). The van der Waals surface area contributed by atoms with Gasteiger partial charge in [-0.3, -0.25) is 9.59 Å². The lowest BCUT2D eigenvalue weighted by molar-refractivity contribution is -0.142. The Bertz CT molecular complexity index is 998. The van der Waals surface area contributed by atoms with Gasteiger partial charge >= 0.3 is 5.97 Å². The van der Waals surface area contributed by atoms with Gasteiger partial charge in [0.25, 0.3) is 0 Å². The molecule has 146 valence electrons. The fourth-order valence-corrected chi connectivity index (χ4v) is 3.34. The van der Waals surface area contributed by atoms with E-state index in [0.717, 1.165) is 27.7 Å². The maximum absolute atomic E-state index is 13.8. The number of aryl methyl sites for hydroxylation is 1. The van der Waals surface area contributed by atoms with Gasteiger partial charge in [-0.15, -0.1) is 0 Å². The van der Waals surface area contributed by atoms with Crippen molar-refractivity contribution in [1.82, 2.24) is 9.88 Å². The third kappa shape index (κ3) is 4.22. The number of carbonyl (C=O) groups excluding carboxylic acids is 1. The summed E-state index contributed by atoms with van der Waals surface area (Å²) < 4.78 is 13.8. The highest BCUT2D eigenvalue weighted by Gasteiger charge is 2.19. The Hall–Kier alpha value is -3.15. The molecule has 0 aliphatic heterocycles. The number of carboxylic acid groups (broad SMARTS) is 1. The van der Waals surface area contributed by atoms with Gasteiger partial charge in [-0.25, -0.2) is 4.39 Å². The second-order valence-electron chi connectivity index (χ2n) is 7.05. The van der Waals surface area contributed by atoms with Crippen molar-refractivity contribution in [3.8, 4) is 11.3 Å². The molecule has 0 fully saturated rings. The monoisotopic (exact) mass is 382 g/mol. The lowest BCUT2D eigenvalue weighted by Crippen LogP contribution is -2.33. The summed E-state index contributed by atoms with van der Waals surface area (Å²) in [6, 6.07) is 14.3. The number of amides is 1. The zero-order valence-corrected chi connectivity index (χ0v) is 15.9. The number of carbonyl (C=O) groups is 2. The number of nitrogens with one attached hydrogen (secondary N) is 1. The molecule has 1 heterocycles. The van der Waals surface area contributed by atoms with E-state index in [0.29, 0.717) is 6.42 Å². The average molecular weight is 382 g/mol. The highest BCUT2D eigenvalue weighted by molar-refractivity contribution is 5.91. The minimum Gasteiger partial charge on any atom is -0.481 e. The van der Waals surface area contributed by atoms with E-state index in [4.69, 9.17) is 5.11 Å². The predicted octanol–water partition coefficient (Wildman–Crippen LogP) is 4.09. The summed E-state index contributed by atoms with van der Waals surface area (Å²) in [5.41, 5.74) is 3.54. The second kappa shape index (κ2) is 8.25. The van der Waals surface area contributed by atoms with Gasteiger partial charge in [0.15, 0.2) is 0 Å². The van der Waals surface area contributed by atoms with Crippen molar-refractivity contribution in [3.63, 3.8) is 0 Å². The van der Waals surface area contributed by atoms with Crippen molar-refractivity contribution >= 4 is 22.8 Å². The SMILES string of the molecule is CC(CN(C)C(=O)CCc1c(-c2ccccc2)[nH]c2ccc(F)cc12)C(=O)O. The summed E-state index contributed by atoms with van der Waals surface area (Å²) in [6.45, 7) is 1.73. The lowest BCUT2D eigenvalue weighted by atomic mass is 10.0. The molecule has 3 rings (SSSR count). The topological polar surface area (TPSA) is 73.4 Å². The highest BCUT2D eigenvalue weighted by atomic mass is 19.1. The molecule has 0 bridgehead atoms. The van der Waals surface area contributed by atoms with E-state index in [2.05, 4.69) is 4.98 Å². The van der Waals surface area contributed by atoms with Crippen LogP contribution in [0.15, 0.2) is 48.5 Å². The van der Waals surface area contributed by atoms with Crippen LogP contribution in [0.25, 0.3) is 22.2 Å². The Morgan fingerprint density at radius 2 is 1.89 bits per heavy atom. The van der Waals surface area contributed by atoms with Crippen molar-refractivity contribution in [2.75, 3.05) is 13.6 Å². The van der Waals surface area contributed by atoms with E-state index >= 15 is 0 Å². The third-order valence-electron chi connectivity index (χ3n) is 4.91. The van der Waals surface area contributed by atoms with Gasteiger partial charge < -0.3 is 15.0 Å². The summed E-state index contributed by atoms with van der Waals surface area (Å²) in [6.07, 6.45) is 0.643. The van der Waals surface area contributed by atoms with Crippen LogP contribution in [-0.2, 0) is 16.0 Å². The van der Waals surface area contributed by atoms with Gasteiger partial charge in [0, 0.05) is 36.6 Å². The molecule has 28 heavy (non-hydrogen) atoms. The van der Waals surface area contributed by atoms with Crippen LogP contribution < -0.4 is 0 Å². The summed E-state index contributed by atoms with van der Waals surface area (Å²) in [5, 5.41) is 9.78. The highest BCUT2D eigenvalue weighted by Crippen LogP contribution is 2.32. The molecule has 5 nitrogen and oxygen atoms in total. The maximum atomic E-state index is 13.8. The molecule has 0 saturated carbocycles. The molecule has 0 aliphatic rings. The average Bonchev–Trinajstić information content (AvgIpc) is 3.04. The molecule has 1 amide bonds. The Morgan fingerprint density at radius 1 is 1.18 bits per heavy atom. The Morgan fingerprint density at radius 3 is 2.57 bits per heavy atom. The Balaban J connectivity index is 1.86. The minimum atomic E-state index is -0.932. The molecule has 0 saturated heterocycles. The van der Waals surface area contributed by atoms with Crippen molar-refractivity contribution in [3.05, 3.63) is 59.9 Å². The van der Waals surface area contributed by atoms with Gasteiger partial charge in [-0.2, -0.15) is 0 Å². The number of hydrogen-bond acceptors (Lipinski definition) is 2. The number of H-pyrrole nitrogens is 1. The molecular weight excluding hydrogens is 359 g/mol. The molecule has 0 spiro atoms. The molecule has 3 aromatic rings. The van der Waals surface area contributed by atoms with Crippen LogP contribution in [0.2, 0.25) is 0 Å². The number of halogens is 1. The largest absolute Gasteiger partial charge is 0.481 e. The van der Waals surface area contributed by atoms with E-state index in [9.17, 15) is 14.0 Å². The molecule has 2 N–H and O–H groups in total. The van der Waals surface area contributed by atoms with Gasteiger partial charge in [0.05, 0.1) is 5.92 Å². The zero-order chi connectivity index (χ0) is 20.3. The predicted molar refractivity (Wildman–Crippen MR) is 106 cm³/mol. The van der Waals surface area contributed by atoms with Crippen LogP contribution >= 0.6 is 0 Å². The summed E-state index contributed by atoms with van der Waals surface area (Å²) in [7, 11) is 1.61. The van der Waals surface area contributed by atoms with Gasteiger partial charge in [0.2, 0.25) is 5.91 Å². The first-order chi connectivity index (χ1) is 13.4. The first kappa shape index (κ1) is 19.6. The lowest BCUT2D eigenvalue weighted by Gasteiger charge is -2.19. The van der Waals surface area contributed by atoms with Gasteiger partial charge in [-0.1, -0.05) is 37.3 Å². The number of aliphatic carboxylic acids is 1. The van der Waals surface area contributed by atoms with Crippen LogP contribution in [0, 0.1) is 11.7 Å². The second-order valence-corrected chi connectivity index (χ2v) is 7.05. The van der Waals surface area contributed by atoms with Crippen molar-refractivity contribution in [2.24, 2.45) is 5.92 Å². The number of carboxylic acids is 1. The molecule has 6 heteroatoms. The molecular formula is C22H23FN2O3. The van der Waals surface area contributed by atoms with E-state index in [1.165, 1.54) is 17.0 Å². The number of aromatic nitrogens is 1. The van der Waals surface area contributed by atoms with Crippen LogP contribution in [0.4, 0.5) is 4.39 Å². The number of fused-ring (bicyclic) bond motifs is 1. The molecule has 1 aromatic heterocycles. The number of nitrogens with zero attached hydrogens (tertiary/aromatic N) is 1. The summed E-state index contributed by atoms with van der Waals surface area (Å²) in [4.78, 5) is 28.3. The van der Waals surface area contributed by atoms with Crippen LogP contribution in [-0.4, -0.2) is 40.5 Å². The Kier molecular flexibility index (Phi) is 5.78. The van der Waals surface area contributed by atoms with Crippen LogP contribution in [0.1, 0.15) is 18.9 Å². The third-order valence-corrected chi connectivity index (χ3v) is 4.91. The maximum Gasteiger partial charge on any atom is 0.308 e. The Labute approximate surface area is 162 Å². The van der Waals surface area contributed by atoms with E-state index < -0.39 is 11.9 Å². The molecule has 1 unspecified atom stereocenters.